The maximum atomic E-state index is 13.6. The summed E-state index contributed by atoms with van der Waals surface area (Å²) in [4.78, 5) is 20.5. The lowest BCUT2D eigenvalue weighted by molar-refractivity contribution is 0.0634. The van der Waals surface area contributed by atoms with Gasteiger partial charge in [0.05, 0.1) is 17.1 Å². The summed E-state index contributed by atoms with van der Waals surface area (Å²) in [6, 6.07) is 2.63. The SMILES string of the molecule is Cc1cc(C(=O)N2CC3CC4CC(C3)CC2C4)c2cnn(C(C)C)c2n1. The number of aryl methyl sites for hydroxylation is 1. The van der Waals surface area contributed by atoms with Crippen LogP contribution in [0.2, 0.25) is 0 Å². The van der Waals surface area contributed by atoms with E-state index in [-0.39, 0.29) is 11.9 Å². The van der Waals surface area contributed by atoms with Crippen molar-refractivity contribution < 1.29 is 4.79 Å². The Bertz CT molecular complexity index is 856. The van der Waals surface area contributed by atoms with E-state index in [1.54, 1.807) is 0 Å². The maximum absolute atomic E-state index is 13.6. The van der Waals surface area contributed by atoms with Gasteiger partial charge in [-0.1, -0.05) is 0 Å². The number of aromatic nitrogens is 3. The van der Waals surface area contributed by atoms with Gasteiger partial charge in [0.15, 0.2) is 5.65 Å². The summed E-state index contributed by atoms with van der Waals surface area (Å²) in [6.07, 6.45) is 8.29. The van der Waals surface area contributed by atoms with Gasteiger partial charge in [0.1, 0.15) is 0 Å². The molecular formula is C21H28N4O. The summed E-state index contributed by atoms with van der Waals surface area (Å²) in [6.45, 7) is 7.12. The van der Waals surface area contributed by atoms with E-state index in [4.69, 9.17) is 0 Å². The molecule has 5 heteroatoms. The van der Waals surface area contributed by atoms with Crippen molar-refractivity contribution in [3.8, 4) is 0 Å². The normalized spacial score (nSPS) is 30.4. The molecule has 2 unspecified atom stereocenters. The Labute approximate surface area is 154 Å². The summed E-state index contributed by atoms with van der Waals surface area (Å²) < 4.78 is 1.93. The second-order valence-electron chi connectivity index (χ2n) is 9.12. The highest BCUT2D eigenvalue weighted by Gasteiger charge is 2.44. The Morgan fingerprint density at radius 1 is 1.12 bits per heavy atom. The van der Waals surface area contributed by atoms with Crippen molar-refractivity contribution >= 4 is 16.9 Å². The Balaban J connectivity index is 1.56. The molecule has 138 valence electrons. The van der Waals surface area contributed by atoms with Crippen LogP contribution < -0.4 is 0 Å². The van der Waals surface area contributed by atoms with Crippen LogP contribution in [0, 0.1) is 24.7 Å². The number of hydrogen-bond donors (Lipinski definition) is 0. The van der Waals surface area contributed by atoms with Crippen LogP contribution in [0.3, 0.4) is 0 Å². The zero-order valence-electron chi connectivity index (χ0n) is 16.0. The van der Waals surface area contributed by atoms with Crippen LogP contribution in [0.5, 0.6) is 0 Å². The molecule has 2 aliphatic heterocycles. The summed E-state index contributed by atoms with van der Waals surface area (Å²) in [5.74, 6) is 2.59. The summed E-state index contributed by atoms with van der Waals surface area (Å²) >= 11 is 0. The molecular weight excluding hydrogens is 324 g/mol. The zero-order chi connectivity index (χ0) is 18.0. The first-order valence-corrected chi connectivity index (χ1v) is 10.2. The lowest BCUT2D eigenvalue weighted by Gasteiger charge is -2.39. The van der Waals surface area contributed by atoms with E-state index in [9.17, 15) is 4.79 Å². The van der Waals surface area contributed by atoms with Crippen molar-refractivity contribution in [3.63, 3.8) is 0 Å². The fourth-order valence-corrected chi connectivity index (χ4v) is 5.89. The van der Waals surface area contributed by atoms with E-state index < -0.39 is 0 Å². The predicted octanol–water partition coefficient (Wildman–Crippen LogP) is 3.97. The average molecular weight is 352 g/mol. The molecule has 1 amide bonds. The van der Waals surface area contributed by atoms with E-state index >= 15 is 0 Å². The van der Waals surface area contributed by atoms with Crippen LogP contribution in [0.25, 0.3) is 11.0 Å². The van der Waals surface area contributed by atoms with Crippen LogP contribution >= 0.6 is 0 Å². The van der Waals surface area contributed by atoms with Crippen molar-refractivity contribution in [1.82, 2.24) is 19.7 Å². The van der Waals surface area contributed by atoms with Crippen molar-refractivity contribution in [2.45, 2.75) is 65.0 Å². The number of rotatable bonds is 2. The minimum atomic E-state index is 0.196. The zero-order valence-corrected chi connectivity index (χ0v) is 16.0. The highest BCUT2D eigenvalue weighted by molar-refractivity contribution is 6.05. The van der Waals surface area contributed by atoms with Gasteiger partial charge < -0.3 is 4.90 Å². The quantitative estimate of drug-likeness (QED) is 0.822. The van der Waals surface area contributed by atoms with Gasteiger partial charge in [0.25, 0.3) is 5.91 Å². The van der Waals surface area contributed by atoms with Gasteiger partial charge in [-0.3, -0.25) is 4.79 Å². The molecule has 0 radical (unpaired) electrons. The molecule has 5 nitrogen and oxygen atoms in total. The van der Waals surface area contributed by atoms with Crippen LogP contribution in [-0.4, -0.2) is 38.2 Å². The molecule has 0 aromatic carbocycles. The number of pyridine rings is 1. The molecule has 2 saturated heterocycles. The molecule has 4 bridgehead atoms. The second-order valence-corrected chi connectivity index (χ2v) is 9.12. The van der Waals surface area contributed by atoms with Crippen LogP contribution in [-0.2, 0) is 0 Å². The summed E-state index contributed by atoms with van der Waals surface area (Å²) in [5, 5.41) is 5.41. The fourth-order valence-electron chi connectivity index (χ4n) is 5.89. The van der Waals surface area contributed by atoms with Crippen molar-refractivity contribution in [3.05, 3.63) is 23.5 Å². The molecule has 2 saturated carbocycles. The highest BCUT2D eigenvalue weighted by Crippen LogP contribution is 2.47. The smallest absolute Gasteiger partial charge is 0.254 e. The van der Waals surface area contributed by atoms with E-state index in [1.165, 1.54) is 32.1 Å². The lowest BCUT2D eigenvalue weighted by atomic mass is 9.68. The third kappa shape index (κ3) is 2.47. The number of amides is 1. The van der Waals surface area contributed by atoms with Crippen molar-refractivity contribution in [2.24, 2.45) is 17.8 Å². The first kappa shape index (κ1) is 16.3. The average Bonchev–Trinajstić information content (AvgIpc) is 2.91. The summed E-state index contributed by atoms with van der Waals surface area (Å²) in [5.41, 5.74) is 2.52. The number of carbonyl (C=O) groups excluding carboxylic acids is 1. The van der Waals surface area contributed by atoms with Crippen molar-refractivity contribution in [2.75, 3.05) is 6.54 Å². The van der Waals surface area contributed by atoms with Gasteiger partial charge in [-0.05, 0) is 76.7 Å². The number of nitrogens with zero attached hydrogens (tertiary/aromatic N) is 4. The van der Waals surface area contributed by atoms with E-state index in [1.807, 2.05) is 23.9 Å². The van der Waals surface area contributed by atoms with Crippen molar-refractivity contribution in [1.29, 1.82) is 0 Å². The minimum absolute atomic E-state index is 0.196. The Morgan fingerprint density at radius 2 is 1.81 bits per heavy atom. The third-order valence-electron chi connectivity index (χ3n) is 6.78. The first-order chi connectivity index (χ1) is 12.5. The largest absolute Gasteiger partial charge is 0.335 e. The topological polar surface area (TPSA) is 51.0 Å². The van der Waals surface area contributed by atoms with Gasteiger partial charge in [0.2, 0.25) is 0 Å². The molecule has 4 fully saturated rings. The lowest BCUT2D eigenvalue weighted by Crippen LogP contribution is -2.42. The van der Waals surface area contributed by atoms with Crippen LogP contribution in [0.1, 0.15) is 68.0 Å². The fraction of sp³-hybridized carbons (Fsp3) is 0.667. The molecule has 0 N–H and O–H groups in total. The van der Waals surface area contributed by atoms with Crippen LogP contribution in [0.4, 0.5) is 0 Å². The molecule has 2 aromatic rings. The van der Waals surface area contributed by atoms with Gasteiger partial charge in [-0.15, -0.1) is 0 Å². The molecule has 2 aromatic heterocycles. The van der Waals surface area contributed by atoms with Crippen LogP contribution in [0.15, 0.2) is 12.3 Å². The number of hydrogen-bond acceptors (Lipinski definition) is 3. The monoisotopic (exact) mass is 352 g/mol. The van der Waals surface area contributed by atoms with Gasteiger partial charge in [-0.25, -0.2) is 9.67 Å². The number of fused-ring (bicyclic) bond motifs is 2. The van der Waals surface area contributed by atoms with E-state index in [0.29, 0.717) is 12.0 Å². The third-order valence-corrected chi connectivity index (χ3v) is 6.78. The molecule has 2 atom stereocenters. The standard InChI is InChI=1S/C21H28N4O/c1-12(2)25-20-19(10-22-25)18(4-13(3)23-20)21(26)24-11-16-6-14-5-15(7-16)9-17(24)8-14/h4,10,12,14-17H,5-9,11H2,1-3H3. The molecule has 0 spiro atoms. The molecule has 4 heterocycles. The Hall–Kier alpha value is -1.91. The first-order valence-electron chi connectivity index (χ1n) is 10.2. The van der Waals surface area contributed by atoms with E-state index in [0.717, 1.165) is 40.7 Å². The molecule has 2 aliphatic carbocycles. The van der Waals surface area contributed by atoms with Gasteiger partial charge in [-0.2, -0.15) is 5.10 Å². The molecule has 26 heavy (non-hydrogen) atoms. The maximum Gasteiger partial charge on any atom is 0.254 e. The molecule has 6 rings (SSSR count). The minimum Gasteiger partial charge on any atom is -0.335 e. The highest BCUT2D eigenvalue weighted by atomic mass is 16.2. The molecule has 4 aliphatic rings. The van der Waals surface area contributed by atoms with E-state index in [2.05, 4.69) is 28.8 Å². The Morgan fingerprint density at radius 3 is 2.50 bits per heavy atom. The Kier molecular flexibility index (Phi) is 3.63. The summed E-state index contributed by atoms with van der Waals surface area (Å²) in [7, 11) is 0. The number of carbonyl (C=O) groups is 1. The van der Waals surface area contributed by atoms with Gasteiger partial charge >= 0.3 is 0 Å². The predicted molar refractivity (Wildman–Crippen MR) is 101 cm³/mol. The van der Waals surface area contributed by atoms with Gasteiger partial charge in [0, 0.05) is 24.3 Å². The second kappa shape index (κ2) is 5.80.